The first-order valence-electron chi connectivity index (χ1n) is 9.76. The summed E-state index contributed by atoms with van der Waals surface area (Å²) in [7, 11) is 0. The molecule has 1 aliphatic rings. The number of nitrogens with one attached hydrogen (secondary N) is 1. The summed E-state index contributed by atoms with van der Waals surface area (Å²) in [4.78, 5) is 21.5. The Hall–Kier alpha value is -2.70. The van der Waals surface area contributed by atoms with Crippen molar-refractivity contribution < 1.29 is 9.90 Å². The smallest absolute Gasteiger partial charge is 0.223 e. The van der Waals surface area contributed by atoms with Crippen LogP contribution in [0.5, 0.6) is 5.75 Å². The van der Waals surface area contributed by atoms with Gasteiger partial charge in [0.05, 0.1) is 11.1 Å². The largest absolute Gasteiger partial charge is 0.505 e. The molecule has 3 aromatic rings. The van der Waals surface area contributed by atoms with Crippen LogP contribution in [0.4, 0.5) is 0 Å². The van der Waals surface area contributed by atoms with Crippen LogP contribution in [0, 0.1) is 5.92 Å². The Morgan fingerprint density at radius 1 is 1.21 bits per heavy atom. The lowest BCUT2D eigenvalue weighted by Gasteiger charge is -2.28. The molecule has 1 amide bonds. The van der Waals surface area contributed by atoms with Crippen molar-refractivity contribution >= 4 is 28.4 Å². The number of amides is 1. The van der Waals surface area contributed by atoms with Crippen LogP contribution in [-0.4, -0.2) is 27.0 Å². The summed E-state index contributed by atoms with van der Waals surface area (Å²) in [6.45, 7) is 0. The lowest BCUT2D eigenvalue weighted by Crippen LogP contribution is -2.38. The molecule has 29 heavy (non-hydrogen) atoms. The van der Waals surface area contributed by atoms with Gasteiger partial charge in [-0.15, -0.1) is 0 Å². The number of aromatic nitrogens is 2. The molecule has 2 heterocycles. The SMILES string of the molecule is NC1CCC(C(=O)NC(c2cccnc2)c2cc(Cl)c3cccnc3c2O)CC1. The number of carbonyl (C=O) groups excluding carboxylic acids is 1. The van der Waals surface area contributed by atoms with Gasteiger partial charge in [-0.1, -0.05) is 17.7 Å². The molecule has 0 radical (unpaired) electrons. The van der Waals surface area contributed by atoms with Crippen molar-refractivity contribution in [3.63, 3.8) is 0 Å². The monoisotopic (exact) mass is 410 g/mol. The highest BCUT2D eigenvalue weighted by Gasteiger charge is 2.29. The molecular formula is C22H23ClN4O2. The van der Waals surface area contributed by atoms with Gasteiger partial charge in [-0.3, -0.25) is 14.8 Å². The molecule has 1 fully saturated rings. The van der Waals surface area contributed by atoms with Crippen LogP contribution < -0.4 is 11.1 Å². The van der Waals surface area contributed by atoms with Crippen molar-refractivity contribution in [3.8, 4) is 5.75 Å². The number of benzene rings is 1. The molecule has 0 aliphatic heterocycles. The zero-order valence-electron chi connectivity index (χ0n) is 15.9. The van der Waals surface area contributed by atoms with Gasteiger partial charge >= 0.3 is 0 Å². The zero-order chi connectivity index (χ0) is 20.4. The maximum absolute atomic E-state index is 13.0. The summed E-state index contributed by atoms with van der Waals surface area (Å²) in [6.07, 6.45) is 8.15. The van der Waals surface area contributed by atoms with Crippen LogP contribution in [0.3, 0.4) is 0 Å². The Morgan fingerprint density at radius 2 is 1.97 bits per heavy atom. The first kappa shape index (κ1) is 19.6. The predicted octanol–water partition coefficient (Wildman–Crippen LogP) is 3.71. The molecule has 1 aromatic carbocycles. The van der Waals surface area contributed by atoms with E-state index in [0.717, 1.165) is 31.2 Å². The van der Waals surface area contributed by atoms with Gasteiger partial charge in [-0.25, -0.2) is 0 Å². The van der Waals surface area contributed by atoms with Gasteiger partial charge in [0, 0.05) is 41.5 Å². The van der Waals surface area contributed by atoms with E-state index in [9.17, 15) is 9.90 Å². The van der Waals surface area contributed by atoms with Gasteiger partial charge in [0.15, 0.2) is 0 Å². The maximum Gasteiger partial charge on any atom is 0.223 e. The summed E-state index contributed by atoms with van der Waals surface area (Å²) in [6, 6.07) is 8.50. The molecule has 0 bridgehead atoms. The fraction of sp³-hybridized carbons (Fsp3) is 0.318. The number of hydrogen-bond donors (Lipinski definition) is 3. The Morgan fingerprint density at radius 3 is 2.69 bits per heavy atom. The number of phenolic OH excluding ortho intramolecular Hbond substituents is 1. The molecule has 7 heteroatoms. The number of hydrogen-bond acceptors (Lipinski definition) is 5. The van der Waals surface area contributed by atoms with E-state index in [2.05, 4.69) is 15.3 Å². The van der Waals surface area contributed by atoms with Crippen LogP contribution in [0.15, 0.2) is 48.9 Å². The van der Waals surface area contributed by atoms with Crippen LogP contribution in [0.2, 0.25) is 5.02 Å². The van der Waals surface area contributed by atoms with Crippen LogP contribution >= 0.6 is 11.6 Å². The van der Waals surface area contributed by atoms with Gasteiger partial charge in [0.1, 0.15) is 11.3 Å². The van der Waals surface area contributed by atoms with Crippen molar-refractivity contribution in [3.05, 3.63) is 65.1 Å². The summed E-state index contributed by atoms with van der Waals surface area (Å²) < 4.78 is 0. The fourth-order valence-corrected chi connectivity index (χ4v) is 4.23. The van der Waals surface area contributed by atoms with E-state index in [1.165, 1.54) is 0 Å². The van der Waals surface area contributed by atoms with E-state index >= 15 is 0 Å². The number of nitrogens with zero attached hydrogens (tertiary/aromatic N) is 2. The molecule has 1 saturated carbocycles. The molecule has 150 valence electrons. The van der Waals surface area contributed by atoms with E-state index < -0.39 is 6.04 Å². The number of rotatable bonds is 4. The Balaban J connectivity index is 1.73. The summed E-state index contributed by atoms with van der Waals surface area (Å²) in [5, 5.41) is 15.2. The van der Waals surface area contributed by atoms with Gasteiger partial charge in [-0.2, -0.15) is 0 Å². The van der Waals surface area contributed by atoms with Crippen molar-refractivity contribution in [2.24, 2.45) is 11.7 Å². The lowest BCUT2D eigenvalue weighted by molar-refractivity contribution is -0.126. The minimum absolute atomic E-state index is 0.00446. The number of nitrogens with two attached hydrogens (primary N) is 1. The third kappa shape index (κ3) is 4.04. The number of carbonyl (C=O) groups is 1. The molecule has 6 nitrogen and oxygen atoms in total. The number of phenols is 1. The third-order valence-corrected chi connectivity index (χ3v) is 5.92. The summed E-state index contributed by atoms with van der Waals surface area (Å²) in [5.41, 5.74) is 7.63. The van der Waals surface area contributed by atoms with E-state index in [0.29, 0.717) is 21.5 Å². The Bertz CT molecular complexity index is 1020. The number of pyridine rings is 2. The molecule has 4 rings (SSSR count). The second kappa shape index (κ2) is 8.35. The second-order valence-electron chi connectivity index (χ2n) is 7.54. The highest BCUT2D eigenvalue weighted by Crippen LogP contribution is 2.38. The van der Waals surface area contributed by atoms with E-state index in [-0.39, 0.29) is 23.6 Å². The van der Waals surface area contributed by atoms with Gasteiger partial charge in [0.25, 0.3) is 0 Å². The molecule has 4 N–H and O–H groups in total. The average molecular weight is 411 g/mol. The van der Waals surface area contributed by atoms with Crippen LogP contribution in [-0.2, 0) is 4.79 Å². The normalized spacial score (nSPS) is 20.3. The molecule has 1 atom stereocenters. The number of halogens is 1. The molecule has 1 unspecified atom stereocenters. The van der Waals surface area contributed by atoms with Gasteiger partial charge in [0.2, 0.25) is 5.91 Å². The predicted molar refractivity (Wildman–Crippen MR) is 113 cm³/mol. The molecular weight excluding hydrogens is 388 g/mol. The van der Waals surface area contributed by atoms with E-state index in [1.54, 1.807) is 42.9 Å². The Labute approximate surface area is 174 Å². The fourth-order valence-electron chi connectivity index (χ4n) is 3.95. The molecule has 0 spiro atoms. The van der Waals surface area contributed by atoms with E-state index in [4.69, 9.17) is 17.3 Å². The van der Waals surface area contributed by atoms with Crippen LogP contribution in [0.1, 0.15) is 42.9 Å². The first-order valence-corrected chi connectivity index (χ1v) is 10.1. The summed E-state index contributed by atoms with van der Waals surface area (Å²) in [5.74, 6) is -0.141. The minimum Gasteiger partial charge on any atom is -0.505 e. The van der Waals surface area contributed by atoms with E-state index in [1.807, 2.05) is 6.07 Å². The first-order chi connectivity index (χ1) is 14.0. The van der Waals surface area contributed by atoms with Crippen molar-refractivity contribution in [2.75, 3.05) is 0 Å². The van der Waals surface area contributed by atoms with Gasteiger partial charge in [-0.05, 0) is 55.5 Å². The Kier molecular flexibility index (Phi) is 5.65. The van der Waals surface area contributed by atoms with Crippen LogP contribution in [0.25, 0.3) is 10.9 Å². The zero-order valence-corrected chi connectivity index (χ0v) is 16.6. The molecule has 2 aromatic heterocycles. The minimum atomic E-state index is -0.587. The quantitative estimate of drug-likeness (QED) is 0.608. The number of fused-ring (bicyclic) bond motifs is 1. The number of aromatic hydroxyl groups is 1. The van der Waals surface area contributed by atoms with Crippen molar-refractivity contribution in [1.29, 1.82) is 0 Å². The molecule has 1 aliphatic carbocycles. The topological polar surface area (TPSA) is 101 Å². The average Bonchev–Trinajstić information content (AvgIpc) is 2.76. The van der Waals surface area contributed by atoms with Gasteiger partial charge < -0.3 is 16.2 Å². The van der Waals surface area contributed by atoms with Crippen molar-refractivity contribution in [1.82, 2.24) is 15.3 Å². The summed E-state index contributed by atoms with van der Waals surface area (Å²) >= 11 is 6.47. The second-order valence-corrected chi connectivity index (χ2v) is 7.94. The maximum atomic E-state index is 13.0. The standard InChI is InChI=1S/C22H23ClN4O2/c23-18-11-17(21(28)20-16(18)4-2-10-26-20)19(14-3-1-9-25-12-14)27-22(29)13-5-7-15(24)8-6-13/h1-4,9-13,15,19,28H,5-8,24H2,(H,27,29). The highest BCUT2D eigenvalue weighted by molar-refractivity contribution is 6.35. The third-order valence-electron chi connectivity index (χ3n) is 5.60. The van der Waals surface area contributed by atoms with Crippen molar-refractivity contribution in [2.45, 2.75) is 37.8 Å². The molecule has 0 saturated heterocycles. The highest BCUT2D eigenvalue weighted by atomic mass is 35.5. The lowest BCUT2D eigenvalue weighted by atomic mass is 9.85.